The Labute approximate surface area is 162 Å². The first-order valence-corrected chi connectivity index (χ1v) is 10.1. The summed E-state index contributed by atoms with van der Waals surface area (Å²) < 4.78 is 0. The molecule has 0 unspecified atom stereocenters. The van der Waals surface area contributed by atoms with Gasteiger partial charge in [0.25, 0.3) is 5.91 Å². The summed E-state index contributed by atoms with van der Waals surface area (Å²) in [6.07, 6.45) is 6.05. The van der Waals surface area contributed by atoms with Crippen LogP contribution in [0.15, 0.2) is 47.6 Å². The van der Waals surface area contributed by atoms with E-state index in [1.807, 2.05) is 36.4 Å². The lowest BCUT2D eigenvalue weighted by Crippen LogP contribution is -2.16. The number of nitrogens with one attached hydrogen (secondary N) is 1. The monoisotopic (exact) mass is 378 g/mol. The SMILES string of the molecule is CC[C@@H]1CCc2sc(C(=O)N/N=C/c3c(O)ccc4ccccc34)cc2C1. The number of nitrogens with zero attached hydrogens (tertiary/aromatic N) is 1. The summed E-state index contributed by atoms with van der Waals surface area (Å²) in [4.78, 5) is 14.5. The summed E-state index contributed by atoms with van der Waals surface area (Å²) in [6, 6.07) is 13.3. The lowest BCUT2D eigenvalue weighted by molar-refractivity contribution is 0.0959. The van der Waals surface area contributed by atoms with Crippen LogP contribution in [0.1, 0.15) is 45.4 Å². The van der Waals surface area contributed by atoms with Gasteiger partial charge in [0.15, 0.2) is 0 Å². The van der Waals surface area contributed by atoms with Gasteiger partial charge in [-0.05, 0) is 53.6 Å². The molecule has 2 N–H and O–H groups in total. The van der Waals surface area contributed by atoms with Crippen LogP contribution in [0, 0.1) is 5.92 Å². The number of benzene rings is 2. The number of hydrazone groups is 1. The summed E-state index contributed by atoms with van der Waals surface area (Å²) in [5.41, 5.74) is 4.52. The Kier molecular flexibility index (Phi) is 4.94. The van der Waals surface area contributed by atoms with Gasteiger partial charge in [0.1, 0.15) is 5.75 Å². The molecule has 0 fully saturated rings. The summed E-state index contributed by atoms with van der Waals surface area (Å²) in [5.74, 6) is 0.678. The van der Waals surface area contributed by atoms with Crippen LogP contribution in [0.25, 0.3) is 10.8 Å². The number of hydrogen-bond acceptors (Lipinski definition) is 4. The fourth-order valence-corrected chi connectivity index (χ4v) is 4.79. The molecule has 4 rings (SSSR count). The van der Waals surface area contributed by atoms with Gasteiger partial charge in [-0.3, -0.25) is 4.79 Å². The highest BCUT2D eigenvalue weighted by Crippen LogP contribution is 2.33. The molecule has 1 amide bonds. The fourth-order valence-electron chi connectivity index (χ4n) is 3.69. The Bertz CT molecular complexity index is 1020. The average molecular weight is 378 g/mol. The van der Waals surface area contributed by atoms with Crippen molar-refractivity contribution in [2.24, 2.45) is 11.0 Å². The van der Waals surface area contributed by atoms with Gasteiger partial charge in [0.2, 0.25) is 0 Å². The Balaban J connectivity index is 1.51. The molecule has 1 atom stereocenters. The van der Waals surface area contributed by atoms with Crippen LogP contribution in [-0.4, -0.2) is 17.2 Å². The molecule has 5 heteroatoms. The first kappa shape index (κ1) is 17.7. The van der Waals surface area contributed by atoms with Crippen molar-refractivity contribution < 1.29 is 9.90 Å². The fraction of sp³-hybridized carbons (Fsp3) is 0.273. The molecule has 2 aromatic carbocycles. The molecule has 138 valence electrons. The standard InChI is InChI=1S/C22H22N2O2S/c1-2-14-7-10-20-16(11-14)12-21(27-20)22(26)24-23-13-18-17-6-4-3-5-15(17)8-9-19(18)25/h3-6,8-9,12-14,25H,2,7,10-11H2,1H3,(H,24,26)/b23-13+/t14-/m1/s1. The van der Waals surface area contributed by atoms with Gasteiger partial charge in [-0.15, -0.1) is 11.3 Å². The van der Waals surface area contributed by atoms with Crippen LogP contribution >= 0.6 is 11.3 Å². The maximum absolute atomic E-state index is 12.5. The third-order valence-corrected chi connectivity index (χ3v) is 6.53. The Hall–Kier alpha value is -2.66. The lowest BCUT2D eigenvalue weighted by Gasteiger charge is -2.19. The number of aryl methyl sites for hydroxylation is 1. The smallest absolute Gasteiger partial charge is 0.281 e. The molecule has 1 aliphatic rings. The van der Waals surface area contributed by atoms with E-state index in [2.05, 4.69) is 17.5 Å². The zero-order valence-electron chi connectivity index (χ0n) is 15.2. The van der Waals surface area contributed by atoms with E-state index in [-0.39, 0.29) is 11.7 Å². The first-order chi connectivity index (χ1) is 13.2. The van der Waals surface area contributed by atoms with Gasteiger partial charge in [-0.25, -0.2) is 5.43 Å². The number of rotatable bonds is 4. The summed E-state index contributed by atoms with van der Waals surface area (Å²) >= 11 is 1.57. The van der Waals surface area contributed by atoms with Crippen molar-refractivity contribution in [1.29, 1.82) is 0 Å². The van der Waals surface area contributed by atoms with Crippen LogP contribution in [0.4, 0.5) is 0 Å². The minimum Gasteiger partial charge on any atom is -0.507 e. The van der Waals surface area contributed by atoms with Gasteiger partial charge in [-0.1, -0.05) is 43.7 Å². The quantitative estimate of drug-likeness (QED) is 0.502. The van der Waals surface area contributed by atoms with E-state index in [9.17, 15) is 9.90 Å². The second-order valence-corrected chi connectivity index (χ2v) is 8.13. The number of hydrogen-bond donors (Lipinski definition) is 2. The molecule has 0 saturated carbocycles. The highest BCUT2D eigenvalue weighted by Gasteiger charge is 2.21. The molecule has 0 saturated heterocycles. The van der Waals surface area contributed by atoms with Gasteiger partial charge in [0, 0.05) is 10.4 Å². The summed E-state index contributed by atoms with van der Waals surface area (Å²) in [6.45, 7) is 2.23. The van der Waals surface area contributed by atoms with Crippen molar-refractivity contribution >= 4 is 34.2 Å². The zero-order chi connectivity index (χ0) is 18.8. The second kappa shape index (κ2) is 7.53. The lowest BCUT2D eigenvalue weighted by atomic mass is 9.87. The maximum Gasteiger partial charge on any atom is 0.281 e. The van der Waals surface area contributed by atoms with Crippen molar-refractivity contribution in [2.45, 2.75) is 32.6 Å². The highest BCUT2D eigenvalue weighted by molar-refractivity contribution is 7.14. The summed E-state index contributed by atoms with van der Waals surface area (Å²) in [5, 5.41) is 16.1. The predicted octanol–water partition coefficient (Wildman–Crippen LogP) is 4.89. The van der Waals surface area contributed by atoms with Crippen molar-refractivity contribution in [3.8, 4) is 5.75 Å². The molecule has 0 bridgehead atoms. The third-order valence-electron chi connectivity index (χ3n) is 5.29. The molecule has 3 aromatic rings. The molecular weight excluding hydrogens is 356 g/mol. The number of phenolic OH excluding ortho intramolecular Hbond substituents is 1. The van der Waals surface area contributed by atoms with Gasteiger partial charge >= 0.3 is 0 Å². The van der Waals surface area contributed by atoms with E-state index >= 15 is 0 Å². The van der Waals surface area contributed by atoms with Crippen LogP contribution in [0.2, 0.25) is 0 Å². The number of carbonyl (C=O) groups is 1. The topological polar surface area (TPSA) is 61.7 Å². The maximum atomic E-state index is 12.5. The van der Waals surface area contributed by atoms with Crippen molar-refractivity contribution in [3.63, 3.8) is 0 Å². The number of thiophene rings is 1. The van der Waals surface area contributed by atoms with Crippen molar-refractivity contribution in [2.75, 3.05) is 0 Å². The Morgan fingerprint density at radius 2 is 2.19 bits per heavy atom. The number of aromatic hydroxyl groups is 1. The van der Waals surface area contributed by atoms with Gasteiger partial charge in [0.05, 0.1) is 11.1 Å². The predicted molar refractivity (Wildman–Crippen MR) is 111 cm³/mol. The molecule has 0 radical (unpaired) electrons. The van der Waals surface area contributed by atoms with Crippen LogP contribution in [0.5, 0.6) is 5.75 Å². The van der Waals surface area contributed by atoms with Crippen LogP contribution in [0.3, 0.4) is 0 Å². The Morgan fingerprint density at radius 1 is 1.33 bits per heavy atom. The number of phenols is 1. The molecule has 0 spiro atoms. The Morgan fingerprint density at radius 3 is 3.04 bits per heavy atom. The van der Waals surface area contributed by atoms with Crippen molar-refractivity contribution in [3.05, 3.63) is 63.3 Å². The van der Waals surface area contributed by atoms with E-state index < -0.39 is 0 Å². The third kappa shape index (κ3) is 3.60. The van der Waals surface area contributed by atoms with E-state index in [1.54, 1.807) is 17.4 Å². The minimum absolute atomic E-state index is 0.142. The van der Waals surface area contributed by atoms with Crippen molar-refractivity contribution in [1.82, 2.24) is 5.43 Å². The first-order valence-electron chi connectivity index (χ1n) is 9.31. The minimum atomic E-state index is -0.196. The number of amides is 1. The molecule has 27 heavy (non-hydrogen) atoms. The molecular formula is C22H22N2O2S. The van der Waals surface area contributed by atoms with E-state index in [0.29, 0.717) is 10.4 Å². The zero-order valence-corrected chi connectivity index (χ0v) is 16.1. The van der Waals surface area contributed by atoms with E-state index in [4.69, 9.17) is 0 Å². The van der Waals surface area contributed by atoms with Crippen LogP contribution < -0.4 is 5.43 Å². The van der Waals surface area contributed by atoms with Gasteiger partial charge in [-0.2, -0.15) is 5.10 Å². The molecule has 1 aliphatic carbocycles. The molecule has 1 heterocycles. The molecule has 0 aliphatic heterocycles. The highest BCUT2D eigenvalue weighted by atomic mass is 32.1. The molecule has 4 nitrogen and oxygen atoms in total. The number of carbonyl (C=O) groups excluding carboxylic acids is 1. The van der Waals surface area contributed by atoms with E-state index in [0.717, 1.165) is 29.5 Å². The van der Waals surface area contributed by atoms with Crippen LogP contribution in [-0.2, 0) is 12.8 Å². The second-order valence-electron chi connectivity index (χ2n) is 6.99. The van der Waals surface area contributed by atoms with Gasteiger partial charge < -0.3 is 5.11 Å². The normalized spacial score (nSPS) is 16.6. The largest absolute Gasteiger partial charge is 0.507 e. The molecule has 1 aromatic heterocycles. The average Bonchev–Trinajstić information content (AvgIpc) is 3.13. The summed E-state index contributed by atoms with van der Waals surface area (Å²) in [7, 11) is 0. The van der Waals surface area contributed by atoms with E-state index in [1.165, 1.54) is 29.5 Å². The number of fused-ring (bicyclic) bond motifs is 2.